The molecule has 3 N–H and O–H groups in total. The summed E-state index contributed by atoms with van der Waals surface area (Å²) in [5, 5.41) is 5.73. The van der Waals surface area contributed by atoms with Crippen molar-refractivity contribution in [3.8, 4) is 0 Å². The highest BCUT2D eigenvalue weighted by Gasteiger charge is 2.24. The summed E-state index contributed by atoms with van der Waals surface area (Å²) >= 11 is 0. The Morgan fingerprint density at radius 2 is 2.29 bits per heavy atom. The third-order valence-electron chi connectivity index (χ3n) is 3.21. The number of rotatable bonds is 7. The van der Waals surface area contributed by atoms with Crippen molar-refractivity contribution >= 4 is 21.7 Å². The number of amides is 1. The fraction of sp³-hybridized carbons (Fsp3) is 0.538. The minimum absolute atomic E-state index is 0.0362. The first-order chi connectivity index (χ1) is 10.0. The summed E-state index contributed by atoms with van der Waals surface area (Å²) in [4.78, 5) is 15.3. The number of anilines is 1. The molecule has 0 spiro atoms. The lowest BCUT2D eigenvalue weighted by molar-refractivity contribution is -0.119. The maximum atomic E-state index is 12.4. The van der Waals surface area contributed by atoms with E-state index >= 15 is 0 Å². The zero-order chi connectivity index (χ0) is 15.3. The largest absolute Gasteiger partial charge is 0.369 e. The summed E-state index contributed by atoms with van der Waals surface area (Å²) in [7, 11) is -3.65. The maximum Gasteiger partial charge on any atom is 0.244 e. The molecule has 1 aliphatic rings. The highest BCUT2D eigenvalue weighted by molar-refractivity contribution is 7.89. The van der Waals surface area contributed by atoms with Gasteiger partial charge in [-0.25, -0.2) is 18.1 Å². The van der Waals surface area contributed by atoms with Gasteiger partial charge in [0.15, 0.2) is 0 Å². The average Bonchev–Trinajstić information content (AvgIpc) is 2.89. The summed E-state index contributed by atoms with van der Waals surface area (Å²) in [6.45, 7) is 2.83. The number of hydrogen-bond donors (Lipinski definition) is 3. The quantitative estimate of drug-likeness (QED) is 0.679. The molecule has 1 atom stereocenters. The van der Waals surface area contributed by atoms with Crippen molar-refractivity contribution in [2.45, 2.75) is 37.1 Å². The smallest absolute Gasteiger partial charge is 0.244 e. The molecular formula is C13H20N4O3S. The number of hydrogen-bond acceptors (Lipinski definition) is 5. The average molecular weight is 312 g/mol. The number of sulfonamides is 1. The zero-order valence-corrected chi connectivity index (χ0v) is 12.7. The Hall–Kier alpha value is -1.67. The zero-order valence-electron chi connectivity index (χ0n) is 11.9. The first-order valence-electron chi connectivity index (χ1n) is 7.01. The highest BCUT2D eigenvalue weighted by Crippen LogP contribution is 2.18. The van der Waals surface area contributed by atoms with Crippen LogP contribution >= 0.6 is 0 Å². The Bertz CT molecular complexity index is 603. The lowest BCUT2D eigenvalue weighted by Crippen LogP contribution is -2.38. The monoisotopic (exact) mass is 312 g/mol. The van der Waals surface area contributed by atoms with Gasteiger partial charge in [0.25, 0.3) is 0 Å². The lowest BCUT2D eigenvalue weighted by atomic mass is 10.2. The Morgan fingerprint density at radius 1 is 1.48 bits per heavy atom. The predicted molar refractivity (Wildman–Crippen MR) is 79.4 cm³/mol. The third-order valence-corrected chi connectivity index (χ3v) is 4.66. The molecule has 1 aliphatic heterocycles. The standard InChI is InChI=1S/C13H20N4O3S/c1-2-7-14-13-11(4-3-8-15-13)21(19,20)16-9-10-5-6-12(18)17-10/h3-4,8,10,16H,2,5-7,9H2,1H3,(H,14,15)(H,17,18). The topological polar surface area (TPSA) is 100 Å². The molecule has 0 bridgehead atoms. The van der Waals surface area contributed by atoms with E-state index in [4.69, 9.17) is 0 Å². The molecule has 0 aliphatic carbocycles. The second-order valence-corrected chi connectivity index (χ2v) is 6.67. The molecule has 2 rings (SSSR count). The van der Waals surface area contributed by atoms with Crippen LogP contribution < -0.4 is 15.4 Å². The van der Waals surface area contributed by atoms with Gasteiger partial charge in [0.05, 0.1) is 0 Å². The van der Waals surface area contributed by atoms with Crippen LogP contribution in [0, 0.1) is 0 Å². The number of nitrogens with one attached hydrogen (secondary N) is 3. The van der Waals surface area contributed by atoms with Gasteiger partial charge in [-0.15, -0.1) is 0 Å². The van der Waals surface area contributed by atoms with Gasteiger partial charge in [0, 0.05) is 31.7 Å². The molecule has 0 radical (unpaired) electrons. The summed E-state index contributed by atoms with van der Waals surface area (Å²) in [6.07, 6.45) is 3.52. The summed E-state index contributed by atoms with van der Waals surface area (Å²) < 4.78 is 27.2. The van der Waals surface area contributed by atoms with Crippen molar-refractivity contribution in [2.24, 2.45) is 0 Å². The van der Waals surface area contributed by atoms with Crippen LogP contribution in [0.2, 0.25) is 0 Å². The maximum absolute atomic E-state index is 12.4. The minimum atomic E-state index is -3.65. The Morgan fingerprint density at radius 3 is 2.95 bits per heavy atom. The van der Waals surface area contributed by atoms with Crippen LogP contribution in [0.3, 0.4) is 0 Å². The number of nitrogens with zero attached hydrogens (tertiary/aromatic N) is 1. The minimum Gasteiger partial charge on any atom is -0.369 e. The van der Waals surface area contributed by atoms with E-state index in [0.717, 1.165) is 6.42 Å². The van der Waals surface area contributed by atoms with E-state index in [1.165, 1.54) is 6.07 Å². The van der Waals surface area contributed by atoms with Gasteiger partial charge in [-0.05, 0) is 25.0 Å². The predicted octanol–water partition coefficient (Wildman–Crippen LogP) is 0.460. The van der Waals surface area contributed by atoms with Gasteiger partial charge in [-0.1, -0.05) is 6.92 Å². The summed E-state index contributed by atoms with van der Waals surface area (Å²) in [5.41, 5.74) is 0. The van der Waals surface area contributed by atoms with Crippen LogP contribution in [0.25, 0.3) is 0 Å². The van der Waals surface area contributed by atoms with Crippen molar-refractivity contribution in [1.82, 2.24) is 15.0 Å². The number of aromatic nitrogens is 1. The van der Waals surface area contributed by atoms with Crippen molar-refractivity contribution in [2.75, 3.05) is 18.4 Å². The van der Waals surface area contributed by atoms with Gasteiger partial charge in [-0.3, -0.25) is 4.79 Å². The van der Waals surface area contributed by atoms with Crippen LogP contribution in [-0.4, -0.2) is 38.4 Å². The fourth-order valence-electron chi connectivity index (χ4n) is 2.10. The van der Waals surface area contributed by atoms with E-state index in [-0.39, 0.29) is 23.4 Å². The summed E-state index contributed by atoms with van der Waals surface area (Å²) in [5.74, 6) is 0.313. The first kappa shape index (κ1) is 15.7. The van der Waals surface area contributed by atoms with Gasteiger partial charge in [-0.2, -0.15) is 0 Å². The molecule has 1 unspecified atom stereocenters. The van der Waals surface area contributed by atoms with Crippen molar-refractivity contribution in [3.05, 3.63) is 18.3 Å². The summed E-state index contributed by atoms with van der Waals surface area (Å²) in [6, 6.07) is 2.96. The number of pyridine rings is 1. The second kappa shape index (κ2) is 6.86. The van der Waals surface area contributed by atoms with E-state index in [2.05, 4.69) is 20.3 Å². The number of carbonyl (C=O) groups is 1. The van der Waals surface area contributed by atoms with Crippen LogP contribution in [0.5, 0.6) is 0 Å². The van der Waals surface area contributed by atoms with E-state index in [1.807, 2.05) is 6.92 Å². The van der Waals surface area contributed by atoms with E-state index in [1.54, 1.807) is 12.3 Å². The van der Waals surface area contributed by atoms with E-state index in [0.29, 0.717) is 25.2 Å². The molecule has 1 saturated heterocycles. The Balaban J connectivity index is 2.06. The van der Waals surface area contributed by atoms with Gasteiger partial charge in [0.2, 0.25) is 15.9 Å². The van der Waals surface area contributed by atoms with Crippen molar-refractivity contribution in [1.29, 1.82) is 0 Å². The van der Waals surface area contributed by atoms with Crippen LogP contribution in [-0.2, 0) is 14.8 Å². The SMILES string of the molecule is CCCNc1ncccc1S(=O)(=O)NCC1CCC(=O)N1. The van der Waals surface area contributed by atoms with Gasteiger partial charge < -0.3 is 10.6 Å². The second-order valence-electron chi connectivity index (χ2n) is 4.93. The molecule has 1 fully saturated rings. The lowest BCUT2D eigenvalue weighted by Gasteiger charge is -2.14. The molecule has 0 saturated carbocycles. The molecule has 1 amide bonds. The van der Waals surface area contributed by atoms with Gasteiger partial charge in [0.1, 0.15) is 10.7 Å². The van der Waals surface area contributed by atoms with Crippen molar-refractivity contribution in [3.63, 3.8) is 0 Å². The molecular weight excluding hydrogens is 292 g/mol. The normalized spacial score (nSPS) is 18.5. The molecule has 1 aromatic rings. The van der Waals surface area contributed by atoms with Crippen LogP contribution in [0.1, 0.15) is 26.2 Å². The molecule has 8 heteroatoms. The Kier molecular flexibility index (Phi) is 5.13. The highest BCUT2D eigenvalue weighted by atomic mass is 32.2. The molecule has 116 valence electrons. The molecule has 7 nitrogen and oxygen atoms in total. The van der Waals surface area contributed by atoms with Crippen LogP contribution in [0.4, 0.5) is 5.82 Å². The first-order valence-corrected chi connectivity index (χ1v) is 8.49. The molecule has 2 heterocycles. The van der Waals surface area contributed by atoms with Crippen LogP contribution in [0.15, 0.2) is 23.2 Å². The molecule has 21 heavy (non-hydrogen) atoms. The van der Waals surface area contributed by atoms with Gasteiger partial charge >= 0.3 is 0 Å². The third kappa shape index (κ3) is 4.15. The molecule has 1 aromatic heterocycles. The number of carbonyl (C=O) groups excluding carboxylic acids is 1. The van der Waals surface area contributed by atoms with Crippen molar-refractivity contribution < 1.29 is 13.2 Å². The van der Waals surface area contributed by atoms with E-state index in [9.17, 15) is 13.2 Å². The Labute approximate surface area is 124 Å². The fourth-order valence-corrected chi connectivity index (χ4v) is 3.32. The van der Waals surface area contributed by atoms with E-state index < -0.39 is 10.0 Å². The molecule has 0 aromatic carbocycles.